The fourth-order valence-corrected chi connectivity index (χ4v) is 3.42. The average molecular weight is 420 g/mol. The highest BCUT2D eigenvalue weighted by molar-refractivity contribution is 7.87. The Balaban J connectivity index is 2.33. The number of aryl methyl sites for hydroxylation is 1. The second kappa shape index (κ2) is 9.33. The first kappa shape index (κ1) is 22.1. The SMILES string of the molecule is COC(=O)c1cc(C(=O)OC)cc(S(=O)(=O)Oc2ccc(CCC(C)=O)cc2)c1. The lowest BCUT2D eigenvalue weighted by Gasteiger charge is -2.10. The monoisotopic (exact) mass is 420 g/mol. The van der Waals surface area contributed by atoms with E-state index in [1.807, 2.05) is 0 Å². The summed E-state index contributed by atoms with van der Waals surface area (Å²) in [5.41, 5.74) is 0.569. The highest BCUT2D eigenvalue weighted by Gasteiger charge is 2.23. The Hall–Kier alpha value is -3.20. The van der Waals surface area contributed by atoms with Crippen LogP contribution in [-0.4, -0.2) is 40.4 Å². The Morgan fingerprint density at radius 2 is 1.38 bits per heavy atom. The normalized spacial score (nSPS) is 10.9. The van der Waals surface area contributed by atoms with E-state index < -0.39 is 27.0 Å². The fraction of sp³-hybridized carbons (Fsp3) is 0.250. The van der Waals surface area contributed by atoms with Crippen LogP contribution in [0.2, 0.25) is 0 Å². The van der Waals surface area contributed by atoms with E-state index in [2.05, 4.69) is 9.47 Å². The first-order valence-corrected chi connectivity index (χ1v) is 9.91. The van der Waals surface area contributed by atoms with Gasteiger partial charge in [0.25, 0.3) is 0 Å². The van der Waals surface area contributed by atoms with Gasteiger partial charge in [0.05, 0.1) is 25.3 Å². The number of methoxy groups -OCH3 is 2. The van der Waals surface area contributed by atoms with E-state index in [0.717, 1.165) is 31.9 Å². The van der Waals surface area contributed by atoms with E-state index in [9.17, 15) is 22.8 Å². The molecule has 2 aromatic rings. The molecule has 0 spiro atoms. The van der Waals surface area contributed by atoms with Gasteiger partial charge in [0.15, 0.2) is 0 Å². The molecule has 0 heterocycles. The van der Waals surface area contributed by atoms with Crippen molar-refractivity contribution in [3.8, 4) is 5.75 Å². The van der Waals surface area contributed by atoms with Crippen molar-refractivity contribution >= 4 is 27.8 Å². The molecule has 0 atom stereocenters. The Bertz CT molecular complexity index is 989. The lowest BCUT2D eigenvalue weighted by atomic mass is 10.1. The largest absolute Gasteiger partial charge is 0.465 e. The van der Waals surface area contributed by atoms with Crippen LogP contribution in [0.5, 0.6) is 5.75 Å². The van der Waals surface area contributed by atoms with Crippen molar-refractivity contribution in [1.29, 1.82) is 0 Å². The van der Waals surface area contributed by atoms with Gasteiger partial charge in [0.1, 0.15) is 16.4 Å². The molecule has 29 heavy (non-hydrogen) atoms. The molecule has 8 nitrogen and oxygen atoms in total. The maximum absolute atomic E-state index is 12.7. The van der Waals surface area contributed by atoms with Gasteiger partial charge < -0.3 is 18.5 Å². The van der Waals surface area contributed by atoms with Gasteiger partial charge in [-0.2, -0.15) is 8.42 Å². The molecule has 2 aromatic carbocycles. The van der Waals surface area contributed by atoms with Crippen LogP contribution >= 0.6 is 0 Å². The number of Topliss-reactive ketones (excluding diaryl/α,β-unsaturated/α-hetero) is 1. The summed E-state index contributed by atoms with van der Waals surface area (Å²) < 4.78 is 39.6. The van der Waals surface area contributed by atoms with Crippen LogP contribution in [0.4, 0.5) is 0 Å². The second-order valence-corrected chi connectivity index (χ2v) is 7.66. The van der Waals surface area contributed by atoms with Gasteiger partial charge in [-0.3, -0.25) is 0 Å². The molecule has 0 saturated heterocycles. The number of ether oxygens (including phenoxy) is 2. The van der Waals surface area contributed by atoms with Gasteiger partial charge in [0.2, 0.25) is 0 Å². The molecule has 0 fully saturated rings. The molecule has 154 valence electrons. The number of carbonyl (C=O) groups is 3. The van der Waals surface area contributed by atoms with E-state index in [1.54, 1.807) is 12.1 Å². The van der Waals surface area contributed by atoms with E-state index in [0.29, 0.717) is 12.8 Å². The fourth-order valence-electron chi connectivity index (χ4n) is 2.42. The molecule has 0 aliphatic carbocycles. The summed E-state index contributed by atoms with van der Waals surface area (Å²) >= 11 is 0. The number of rotatable bonds is 8. The summed E-state index contributed by atoms with van der Waals surface area (Å²) in [6, 6.07) is 9.48. The smallest absolute Gasteiger partial charge is 0.339 e. The minimum absolute atomic E-state index is 0.0414. The van der Waals surface area contributed by atoms with Crippen LogP contribution in [0.1, 0.15) is 39.6 Å². The third-order valence-electron chi connectivity index (χ3n) is 3.93. The maximum atomic E-state index is 12.7. The summed E-state index contributed by atoms with van der Waals surface area (Å²) in [6.45, 7) is 1.50. The van der Waals surface area contributed by atoms with Crippen LogP contribution in [0.15, 0.2) is 47.4 Å². The number of ketones is 1. The number of carbonyl (C=O) groups excluding carboxylic acids is 3. The standard InChI is InChI=1S/C20H20O8S/c1-13(21)4-5-14-6-8-17(9-7-14)28-29(24,25)18-11-15(19(22)26-2)10-16(12-18)20(23)27-3/h6-12H,4-5H2,1-3H3. The summed E-state index contributed by atoms with van der Waals surface area (Å²) in [4.78, 5) is 34.3. The highest BCUT2D eigenvalue weighted by Crippen LogP contribution is 2.22. The summed E-state index contributed by atoms with van der Waals surface area (Å²) in [5, 5.41) is 0. The first-order chi connectivity index (χ1) is 13.7. The van der Waals surface area contributed by atoms with Gasteiger partial charge in [-0.25, -0.2) is 9.59 Å². The first-order valence-electron chi connectivity index (χ1n) is 8.51. The third-order valence-corrected chi connectivity index (χ3v) is 5.16. The highest BCUT2D eigenvalue weighted by atomic mass is 32.2. The van der Waals surface area contributed by atoms with Crippen molar-refractivity contribution in [2.24, 2.45) is 0 Å². The number of benzene rings is 2. The second-order valence-electron chi connectivity index (χ2n) is 6.11. The van der Waals surface area contributed by atoms with Crippen LogP contribution in [0.3, 0.4) is 0 Å². The van der Waals surface area contributed by atoms with Gasteiger partial charge >= 0.3 is 22.1 Å². The molecular formula is C20H20O8S. The van der Waals surface area contributed by atoms with Crippen LogP contribution in [0.25, 0.3) is 0 Å². The Kier molecular flexibility index (Phi) is 7.11. The van der Waals surface area contributed by atoms with Crippen LogP contribution in [-0.2, 0) is 30.8 Å². The molecule has 9 heteroatoms. The van der Waals surface area contributed by atoms with E-state index in [4.69, 9.17) is 4.18 Å². The van der Waals surface area contributed by atoms with Crippen molar-refractivity contribution in [3.05, 3.63) is 59.2 Å². The number of esters is 2. The zero-order chi connectivity index (χ0) is 21.6. The Morgan fingerprint density at radius 3 is 1.83 bits per heavy atom. The van der Waals surface area contributed by atoms with E-state index in [1.165, 1.54) is 25.1 Å². The zero-order valence-electron chi connectivity index (χ0n) is 16.1. The predicted molar refractivity (Wildman–Crippen MR) is 102 cm³/mol. The van der Waals surface area contributed by atoms with Gasteiger partial charge in [-0.1, -0.05) is 12.1 Å². The summed E-state index contributed by atoms with van der Waals surface area (Å²) in [6.07, 6.45) is 0.918. The van der Waals surface area contributed by atoms with Gasteiger partial charge in [-0.05, 0) is 49.2 Å². The van der Waals surface area contributed by atoms with Gasteiger partial charge in [-0.15, -0.1) is 0 Å². The Labute approximate surface area is 168 Å². The van der Waals surface area contributed by atoms with Crippen molar-refractivity contribution in [2.45, 2.75) is 24.7 Å². The van der Waals surface area contributed by atoms with Crippen molar-refractivity contribution in [1.82, 2.24) is 0 Å². The molecule has 0 amide bonds. The lowest BCUT2D eigenvalue weighted by Crippen LogP contribution is -2.14. The Morgan fingerprint density at radius 1 is 0.862 bits per heavy atom. The molecule has 0 unspecified atom stereocenters. The number of hydrogen-bond acceptors (Lipinski definition) is 8. The predicted octanol–water partition coefficient (Wildman–Crippen LogP) is 2.55. The maximum Gasteiger partial charge on any atom is 0.339 e. The van der Waals surface area contributed by atoms with Crippen LogP contribution < -0.4 is 4.18 Å². The quantitative estimate of drug-likeness (QED) is 0.473. The summed E-state index contributed by atoms with van der Waals surface area (Å²) in [5.74, 6) is -1.54. The zero-order valence-corrected chi connectivity index (χ0v) is 16.9. The van der Waals surface area contributed by atoms with Crippen LogP contribution in [0, 0.1) is 0 Å². The minimum Gasteiger partial charge on any atom is -0.465 e. The third kappa shape index (κ3) is 5.89. The topological polar surface area (TPSA) is 113 Å². The molecule has 0 aliphatic rings. The molecule has 2 rings (SSSR count). The molecule has 0 aliphatic heterocycles. The average Bonchev–Trinajstić information content (AvgIpc) is 2.71. The van der Waals surface area contributed by atoms with E-state index >= 15 is 0 Å². The van der Waals surface area contributed by atoms with Crippen molar-refractivity contribution in [2.75, 3.05) is 14.2 Å². The van der Waals surface area contributed by atoms with Crippen molar-refractivity contribution < 1.29 is 36.5 Å². The van der Waals surface area contributed by atoms with Crippen molar-refractivity contribution in [3.63, 3.8) is 0 Å². The summed E-state index contributed by atoms with van der Waals surface area (Å²) in [7, 11) is -2.09. The molecule has 0 aromatic heterocycles. The molecule has 0 radical (unpaired) electrons. The molecule has 0 saturated carbocycles. The van der Waals surface area contributed by atoms with Gasteiger partial charge in [0, 0.05) is 6.42 Å². The molecular weight excluding hydrogens is 400 g/mol. The van der Waals surface area contributed by atoms with E-state index in [-0.39, 0.29) is 22.7 Å². The number of hydrogen-bond donors (Lipinski definition) is 0. The molecule has 0 bridgehead atoms. The molecule has 0 N–H and O–H groups in total. The lowest BCUT2D eigenvalue weighted by molar-refractivity contribution is -0.116. The minimum atomic E-state index is -4.35.